The number of carbonyl (C=O) groups excluding carboxylic acids is 2. The number of allylic oxidation sites excluding steroid dienone is 2. The van der Waals surface area contributed by atoms with Gasteiger partial charge in [-0.15, -0.1) is 0 Å². The summed E-state index contributed by atoms with van der Waals surface area (Å²) in [6.07, 6.45) is 7.92. The van der Waals surface area contributed by atoms with Gasteiger partial charge in [-0.2, -0.15) is 0 Å². The first kappa shape index (κ1) is 17.5. The van der Waals surface area contributed by atoms with E-state index >= 15 is 0 Å². The predicted molar refractivity (Wildman–Crippen MR) is 100 cm³/mol. The maximum atomic E-state index is 12.6. The number of Topliss-reactive ketones (excluding diaryl/α,β-unsaturated/α-hetero) is 1. The highest BCUT2D eigenvalue weighted by atomic mass is 16.1. The first-order valence-corrected chi connectivity index (χ1v) is 9.28. The number of fused-ring (bicyclic) bond motifs is 1. The van der Waals surface area contributed by atoms with Gasteiger partial charge in [-0.1, -0.05) is 6.07 Å². The maximum absolute atomic E-state index is 12.6. The van der Waals surface area contributed by atoms with Crippen molar-refractivity contribution >= 4 is 11.6 Å². The minimum absolute atomic E-state index is 0.0887. The van der Waals surface area contributed by atoms with Crippen LogP contribution in [0, 0.1) is 0 Å². The Morgan fingerprint density at radius 2 is 1.89 bits per heavy atom. The molecule has 2 aromatic rings. The summed E-state index contributed by atoms with van der Waals surface area (Å²) in [4.78, 5) is 40.3. The summed E-state index contributed by atoms with van der Waals surface area (Å²) in [5, 5.41) is 3.10. The van der Waals surface area contributed by atoms with Crippen molar-refractivity contribution in [1.82, 2.24) is 25.2 Å². The van der Waals surface area contributed by atoms with E-state index < -0.39 is 0 Å². The van der Waals surface area contributed by atoms with Crippen molar-refractivity contribution in [1.29, 1.82) is 0 Å². The minimum atomic E-state index is -0.308. The third kappa shape index (κ3) is 3.78. The van der Waals surface area contributed by atoms with Gasteiger partial charge in [0.05, 0.1) is 17.6 Å². The van der Waals surface area contributed by atoms with Crippen LogP contribution in [-0.2, 0) is 0 Å². The van der Waals surface area contributed by atoms with Gasteiger partial charge in [0.15, 0.2) is 0 Å². The van der Waals surface area contributed by atoms with Crippen molar-refractivity contribution in [2.45, 2.75) is 19.3 Å². The van der Waals surface area contributed by atoms with Crippen LogP contribution in [0.4, 0.5) is 0 Å². The number of ketones is 2. The van der Waals surface area contributed by atoms with Crippen LogP contribution in [0.2, 0.25) is 0 Å². The van der Waals surface area contributed by atoms with Crippen molar-refractivity contribution in [2.75, 3.05) is 26.2 Å². The predicted octanol–water partition coefficient (Wildman–Crippen LogP) is 1.88. The molecule has 1 aliphatic carbocycles. The second-order valence-corrected chi connectivity index (χ2v) is 6.75. The molecule has 0 amide bonds. The third-order valence-corrected chi connectivity index (χ3v) is 4.83. The van der Waals surface area contributed by atoms with Crippen molar-refractivity contribution < 1.29 is 9.59 Å². The molecular formula is C20H21N5O2. The van der Waals surface area contributed by atoms with Gasteiger partial charge in [-0.3, -0.25) is 14.6 Å². The zero-order valence-electron chi connectivity index (χ0n) is 15.0. The number of nitrogens with zero attached hydrogens (tertiary/aromatic N) is 4. The van der Waals surface area contributed by atoms with Gasteiger partial charge in [0.25, 0.3) is 0 Å². The maximum Gasteiger partial charge on any atom is 0.229 e. The SMILES string of the molecule is O=C1C=C(NCCCN2CCCC2)C(=O)c2ncc(-c3ccccn3)nc21. The average Bonchev–Trinajstić information content (AvgIpc) is 3.22. The lowest BCUT2D eigenvalue weighted by molar-refractivity contribution is 0.0970. The summed E-state index contributed by atoms with van der Waals surface area (Å²) in [6.45, 7) is 3.96. The summed E-state index contributed by atoms with van der Waals surface area (Å²) in [7, 11) is 0. The second kappa shape index (κ2) is 7.75. The largest absolute Gasteiger partial charge is 0.382 e. The number of pyridine rings is 1. The molecule has 0 bridgehead atoms. The molecule has 27 heavy (non-hydrogen) atoms. The Morgan fingerprint density at radius 1 is 1.04 bits per heavy atom. The Kier molecular flexibility index (Phi) is 5.02. The van der Waals surface area contributed by atoms with E-state index in [1.54, 1.807) is 18.3 Å². The molecule has 138 valence electrons. The van der Waals surface area contributed by atoms with Crippen LogP contribution in [0.5, 0.6) is 0 Å². The van der Waals surface area contributed by atoms with Crippen molar-refractivity contribution in [2.24, 2.45) is 0 Å². The molecule has 1 saturated heterocycles. The molecule has 1 fully saturated rings. The molecule has 0 atom stereocenters. The van der Waals surface area contributed by atoms with Gasteiger partial charge < -0.3 is 10.2 Å². The normalized spacial score (nSPS) is 17.0. The summed E-state index contributed by atoms with van der Waals surface area (Å²) in [5.41, 5.74) is 1.58. The van der Waals surface area contributed by atoms with E-state index in [4.69, 9.17) is 0 Å². The highest BCUT2D eigenvalue weighted by molar-refractivity contribution is 6.22. The number of hydrogen-bond donors (Lipinski definition) is 1. The molecule has 7 heteroatoms. The molecule has 0 spiro atoms. The van der Waals surface area contributed by atoms with Crippen LogP contribution in [0.3, 0.4) is 0 Å². The molecule has 4 rings (SSSR count). The van der Waals surface area contributed by atoms with E-state index in [1.165, 1.54) is 25.1 Å². The van der Waals surface area contributed by atoms with Gasteiger partial charge in [-0.05, 0) is 51.0 Å². The molecule has 1 aliphatic heterocycles. The van der Waals surface area contributed by atoms with Crippen molar-refractivity contribution in [3.05, 3.63) is 53.8 Å². The molecule has 7 nitrogen and oxygen atoms in total. The third-order valence-electron chi connectivity index (χ3n) is 4.83. The molecular weight excluding hydrogens is 342 g/mol. The van der Waals surface area contributed by atoms with Crippen LogP contribution in [0.25, 0.3) is 11.4 Å². The number of aromatic nitrogens is 3. The second-order valence-electron chi connectivity index (χ2n) is 6.75. The Hall–Kier alpha value is -2.93. The van der Waals surface area contributed by atoms with Crippen LogP contribution in [0.15, 0.2) is 42.4 Å². The first-order chi connectivity index (χ1) is 13.2. The summed E-state index contributed by atoms with van der Waals surface area (Å²) in [5.74, 6) is -0.595. The van der Waals surface area contributed by atoms with Crippen LogP contribution >= 0.6 is 0 Å². The van der Waals surface area contributed by atoms with Gasteiger partial charge in [0.2, 0.25) is 11.6 Å². The van der Waals surface area contributed by atoms with Crippen LogP contribution in [-0.4, -0.2) is 57.6 Å². The summed E-state index contributed by atoms with van der Waals surface area (Å²) >= 11 is 0. The van der Waals surface area contributed by atoms with Gasteiger partial charge in [-0.25, -0.2) is 9.97 Å². The minimum Gasteiger partial charge on any atom is -0.382 e. The Balaban J connectivity index is 1.44. The molecule has 1 N–H and O–H groups in total. The molecule has 3 heterocycles. The fraction of sp³-hybridized carbons (Fsp3) is 0.350. The van der Waals surface area contributed by atoms with Crippen molar-refractivity contribution in [3.8, 4) is 11.4 Å². The van der Waals surface area contributed by atoms with E-state index in [-0.39, 0.29) is 23.0 Å². The smallest absolute Gasteiger partial charge is 0.229 e. The van der Waals surface area contributed by atoms with Crippen LogP contribution < -0.4 is 5.32 Å². The zero-order valence-corrected chi connectivity index (χ0v) is 15.0. The standard InChI is InChI=1S/C20H21N5O2/c26-17-12-15(22-8-5-11-25-9-3-4-10-25)20(27)19-18(17)24-16(13-23-19)14-6-1-2-7-21-14/h1-2,6-7,12-13,22H,3-5,8-11H2. The fourth-order valence-corrected chi connectivity index (χ4v) is 3.42. The fourth-order valence-electron chi connectivity index (χ4n) is 3.42. The number of likely N-dealkylation sites (tertiary alicyclic amines) is 1. The molecule has 0 unspecified atom stereocenters. The number of carbonyl (C=O) groups is 2. The highest BCUT2D eigenvalue weighted by Gasteiger charge is 2.29. The number of hydrogen-bond acceptors (Lipinski definition) is 7. The van der Waals surface area contributed by atoms with E-state index in [0.717, 1.165) is 26.1 Å². The molecule has 0 saturated carbocycles. The monoisotopic (exact) mass is 363 g/mol. The van der Waals surface area contributed by atoms with Gasteiger partial charge in [0.1, 0.15) is 17.1 Å². The van der Waals surface area contributed by atoms with E-state index in [2.05, 4.69) is 25.2 Å². The quantitative estimate of drug-likeness (QED) is 0.784. The number of nitrogens with one attached hydrogen (secondary N) is 1. The van der Waals surface area contributed by atoms with Gasteiger partial charge in [0, 0.05) is 18.8 Å². The molecule has 2 aliphatic rings. The first-order valence-electron chi connectivity index (χ1n) is 9.28. The molecule has 0 radical (unpaired) electrons. The lowest BCUT2D eigenvalue weighted by atomic mass is 10.0. The van der Waals surface area contributed by atoms with E-state index in [1.807, 2.05) is 6.07 Å². The van der Waals surface area contributed by atoms with E-state index in [0.29, 0.717) is 23.6 Å². The molecule has 0 aromatic carbocycles. The van der Waals surface area contributed by atoms with E-state index in [9.17, 15) is 9.59 Å². The summed E-state index contributed by atoms with van der Waals surface area (Å²) < 4.78 is 0. The lowest BCUT2D eigenvalue weighted by Gasteiger charge is -2.17. The lowest BCUT2D eigenvalue weighted by Crippen LogP contribution is -2.31. The highest BCUT2D eigenvalue weighted by Crippen LogP contribution is 2.20. The zero-order chi connectivity index (χ0) is 18.6. The summed E-state index contributed by atoms with van der Waals surface area (Å²) in [6, 6.07) is 5.42. The topological polar surface area (TPSA) is 88.1 Å². The Labute approximate surface area is 157 Å². The van der Waals surface area contributed by atoms with Gasteiger partial charge >= 0.3 is 0 Å². The van der Waals surface area contributed by atoms with Crippen LogP contribution in [0.1, 0.15) is 40.2 Å². The van der Waals surface area contributed by atoms with Crippen molar-refractivity contribution in [3.63, 3.8) is 0 Å². The average molecular weight is 363 g/mol. The number of rotatable bonds is 6. The Bertz CT molecular complexity index is 889. The molecule has 2 aromatic heterocycles. The Morgan fingerprint density at radius 3 is 2.67 bits per heavy atom.